The second-order valence-electron chi connectivity index (χ2n) is 4.78. The minimum atomic E-state index is -0.592. The predicted octanol–water partition coefficient (Wildman–Crippen LogP) is 1.61. The highest BCUT2D eigenvalue weighted by molar-refractivity contribution is 5.21. The first-order valence-electron chi connectivity index (χ1n) is 5.11. The highest BCUT2D eigenvalue weighted by Gasteiger charge is 2.58. The van der Waals surface area contributed by atoms with Crippen molar-refractivity contribution in [3.8, 4) is 0 Å². The van der Waals surface area contributed by atoms with Crippen LogP contribution in [0.5, 0.6) is 0 Å². The van der Waals surface area contributed by atoms with E-state index in [2.05, 4.69) is 6.58 Å². The minimum Gasteiger partial charge on any atom is -0.386 e. The summed E-state index contributed by atoms with van der Waals surface area (Å²) in [6.07, 6.45) is 0.966. The van der Waals surface area contributed by atoms with Crippen molar-refractivity contribution in [1.82, 2.24) is 0 Å². The van der Waals surface area contributed by atoms with Crippen molar-refractivity contribution < 1.29 is 14.6 Å². The van der Waals surface area contributed by atoms with Crippen LogP contribution in [0.4, 0.5) is 0 Å². The summed E-state index contributed by atoms with van der Waals surface area (Å²) in [6.45, 7) is 9.57. The Morgan fingerprint density at radius 1 is 1.50 bits per heavy atom. The molecule has 0 aromatic rings. The summed E-state index contributed by atoms with van der Waals surface area (Å²) in [4.78, 5) is 0. The molecular weight excluding hydrogens is 180 g/mol. The topological polar surface area (TPSA) is 38.7 Å². The first-order valence-corrected chi connectivity index (χ1v) is 5.11. The predicted molar refractivity (Wildman–Crippen MR) is 52.8 cm³/mol. The van der Waals surface area contributed by atoms with Crippen molar-refractivity contribution >= 4 is 0 Å². The Hall–Kier alpha value is -0.380. The molecule has 1 saturated carbocycles. The molecule has 1 saturated heterocycles. The zero-order valence-corrected chi connectivity index (χ0v) is 9.04. The maximum absolute atomic E-state index is 10.0. The van der Waals surface area contributed by atoms with E-state index < -0.39 is 17.5 Å². The highest BCUT2D eigenvalue weighted by atomic mass is 16.8. The molecule has 3 heteroatoms. The van der Waals surface area contributed by atoms with Crippen LogP contribution < -0.4 is 0 Å². The molecule has 0 radical (unpaired) electrons. The van der Waals surface area contributed by atoms with E-state index in [9.17, 15) is 5.11 Å². The molecule has 0 aromatic heterocycles. The third-order valence-electron chi connectivity index (χ3n) is 3.27. The Bertz CT molecular complexity index is 272. The number of aliphatic hydroxyl groups is 1. The van der Waals surface area contributed by atoms with E-state index in [0.29, 0.717) is 0 Å². The summed E-state index contributed by atoms with van der Waals surface area (Å²) < 4.78 is 11.5. The molecule has 3 atom stereocenters. The molecule has 3 nitrogen and oxygen atoms in total. The van der Waals surface area contributed by atoms with Crippen molar-refractivity contribution in [2.75, 3.05) is 0 Å². The lowest BCUT2D eigenvalue weighted by Gasteiger charge is -2.30. The normalized spacial score (nSPS) is 46.4. The smallest absolute Gasteiger partial charge is 0.164 e. The van der Waals surface area contributed by atoms with Crippen molar-refractivity contribution in [3.05, 3.63) is 12.2 Å². The number of rotatable bonds is 0. The molecule has 0 unspecified atom stereocenters. The van der Waals surface area contributed by atoms with Crippen LogP contribution >= 0.6 is 0 Å². The molecule has 2 aliphatic rings. The molecule has 0 amide bonds. The second kappa shape index (κ2) is 2.81. The van der Waals surface area contributed by atoms with Crippen LogP contribution in [0.1, 0.15) is 33.6 Å². The molecule has 2 fully saturated rings. The van der Waals surface area contributed by atoms with Gasteiger partial charge in [0.1, 0.15) is 11.7 Å². The van der Waals surface area contributed by atoms with Gasteiger partial charge in [-0.3, -0.25) is 0 Å². The Morgan fingerprint density at radius 2 is 2.14 bits per heavy atom. The lowest BCUT2D eigenvalue weighted by molar-refractivity contribution is -0.175. The van der Waals surface area contributed by atoms with E-state index in [4.69, 9.17) is 9.47 Å². The molecule has 0 bridgehead atoms. The van der Waals surface area contributed by atoms with E-state index in [0.717, 1.165) is 18.4 Å². The number of hydrogen-bond donors (Lipinski definition) is 1. The van der Waals surface area contributed by atoms with Crippen molar-refractivity contribution in [1.29, 1.82) is 0 Å². The lowest BCUT2D eigenvalue weighted by Crippen LogP contribution is -2.46. The first-order chi connectivity index (χ1) is 6.37. The fraction of sp³-hybridized carbons (Fsp3) is 0.818. The van der Waals surface area contributed by atoms with Gasteiger partial charge in [0.25, 0.3) is 0 Å². The van der Waals surface area contributed by atoms with Gasteiger partial charge in [0.2, 0.25) is 0 Å². The van der Waals surface area contributed by atoms with Crippen LogP contribution in [0, 0.1) is 0 Å². The second-order valence-corrected chi connectivity index (χ2v) is 4.78. The molecule has 1 N–H and O–H groups in total. The summed E-state index contributed by atoms with van der Waals surface area (Å²) in [6, 6.07) is 0. The van der Waals surface area contributed by atoms with Gasteiger partial charge in [-0.15, -0.1) is 0 Å². The van der Waals surface area contributed by atoms with E-state index in [1.165, 1.54) is 0 Å². The molecule has 80 valence electrons. The fourth-order valence-electron chi connectivity index (χ4n) is 2.60. The molecule has 0 aromatic carbocycles. The van der Waals surface area contributed by atoms with Crippen LogP contribution in [0.2, 0.25) is 0 Å². The standard InChI is InChI=1S/C11H18O3/c1-7-5-6-11(9(7)12)8(2)13-10(3,4)14-11/h8-9,12H,1,5-6H2,2-4H3/t8-,9-,11+/m0/s1. The Kier molecular flexibility index (Phi) is 2.04. The average molecular weight is 198 g/mol. The molecule has 1 aliphatic carbocycles. The van der Waals surface area contributed by atoms with Crippen molar-refractivity contribution in [2.45, 2.75) is 57.2 Å². The molecular formula is C11H18O3. The van der Waals surface area contributed by atoms with Gasteiger partial charge in [0, 0.05) is 0 Å². The SMILES string of the molecule is C=C1CC[C@]2(OC(C)(C)O[C@H]2C)[C@H]1O. The number of ether oxygens (including phenoxy) is 2. The maximum Gasteiger partial charge on any atom is 0.164 e. The minimum absolute atomic E-state index is 0.0771. The van der Waals surface area contributed by atoms with E-state index in [-0.39, 0.29) is 6.10 Å². The number of hydrogen-bond acceptors (Lipinski definition) is 3. The fourth-order valence-corrected chi connectivity index (χ4v) is 2.60. The quantitative estimate of drug-likeness (QED) is 0.601. The Labute approximate surface area is 84.7 Å². The summed E-state index contributed by atoms with van der Waals surface area (Å²) >= 11 is 0. The average Bonchev–Trinajstić information content (AvgIpc) is 2.45. The zero-order chi connectivity index (χ0) is 10.6. The molecule has 1 spiro atoms. The third-order valence-corrected chi connectivity index (χ3v) is 3.27. The Balaban J connectivity index is 2.29. The van der Waals surface area contributed by atoms with Crippen LogP contribution in [-0.2, 0) is 9.47 Å². The highest BCUT2D eigenvalue weighted by Crippen LogP contribution is 2.48. The van der Waals surface area contributed by atoms with E-state index in [1.54, 1.807) is 0 Å². The molecule has 1 aliphatic heterocycles. The number of aliphatic hydroxyl groups excluding tert-OH is 1. The van der Waals surface area contributed by atoms with Gasteiger partial charge in [-0.25, -0.2) is 0 Å². The van der Waals surface area contributed by atoms with Gasteiger partial charge in [-0.2, -0.15) is 0 Å². The van der Waals surface area contributed by atoms with Crippen LogP contribution in [0.15, 0.2) is 12.2 Å². The van der Waals surface area contributed by atoms with Gasteiger partial charge >= 0.3 is 0 Å². The molecule has 2 rings (SSSR count). The van der Waals surface area contributed by atoms with Gasteiger partial charge < -0.3 is 14.6 Å². The molecule has 14 heavy (non-hydrogen) atoms. The maximum atomic E-state index is 10.0. The first kappa shape index (κ1) is 10.1. The summed E-state index contributed by atoms with van der Waals surface area (Å²) in [5.41, 5.74) is 0.304. The summed E-state index contributed by atoms with van der Waals surface area (Å²) in [5, 5.41) is 10.0. The monoisotopic (exact) mass is 198 g/mol. The van der Waals surface area contributed by atoms with Gasteiger partial charge in [0.15, 0.2) is 5.79 Å². The third kappa shape index (κ3) is 1.23. The summed E-state index contributed by atoms with van der Waals surface area (Å²) in [5.74, 6) is -0.592. The van der Waals surface area contributed by atoms with E-state index in [1.807, 2.05) is 20.8 Å². The van der Waals surface area contributed by atoms with Crippen LogP contribution in [0.3, 0.4) is 0 Å². The molecule has 1 heterocycles. The summed E-state index contributed by atoms with van der Waals surface area (Å²) in [7, 11) is 0. The zero-order valence-electron chi connectivity index (χ0n) is 9.04. The van der Waals surface area contributed by atoms with Crippen molar-refractivity contribution in [2.24, 2.45) is 0 Å². The van der Waals surface area contributed by atoms with E-state index >= 15 is 0 Å². The van der Waals surface area contributed by atoms with Gasteiger partial charge in [-0.1, -0.05) is 6.58 Å². The van der Waals surface area contributed by atoms with Gasteiger partial charge in [-0.05, 0) is 39.2 Å². The largest absolute Gasteiger partial charge is 0.386 e. The van der Waals surface area contributed by atoms with Crippen LogP contribution in [-0.4, -0.2) is 28.7 Å². The lowest BCUT2D eigenvalue weighted by atomic mass is 9.93. The van der Waals surface area contributed by atoms with Gasteiger partial charge in [0.05, 0.1) is 6.10 Å². The van der Waals surface area contributed by atoms with Crippen LogP contribution in [0.25, 0.3) is 0 Å². The Morgan fingerprint density at radius 3 is 2.50 bits per heavy atom. The van der Waals surface area contributed by atoms with Crippen molar-refractivity contribution in [3.63, 3.8) is 0 Å².